The second-order valence-corrected chi connectivity index (χ2v) is 5.32. The third kappa shape index (κ3) is 3.92. The first kappa shape index (κ1) is 16.2. The Balaban J connectivity index is 2.31. The van der Waals surface area contributed by atoms with Crippen molar-refractivity contribution < 1.29 is 9.53 Å². The van der Waals surface area contributed by atoms with E-state index in [-0.39, 0.29) is 18.1 Å². The minimum absolute atomic E-state index is 0.0360. The van der Waals surface area contributed by atoms with Gasteiger partial charge in [0, 0.05) is 20.4 Å². The molecule has 116 valence electrons. The van der Waals surface area contributed by atoms with Crippen LogP contribution in [0.3, 0.4) is 0 Å². The molecular formula is C18H22N2O2. The van der Waals surface area contributed by atoms with E-state index in [1.165, 1.54) is 0 Å². The van der Waals surface area contributed by atoms with Crippen molar-refractivity contribution in [2.45, 2.75) is 25.5 Å². The van der Waals surface area contributed by atoms with E-state index >= 15 is 0 Å². The fourth-order valence-electron chi connectivity index (χ4n) is 2.38. The molecule has 4 heteroatoms. The SMILES string of the molecule is CO[C@@H](C)CC(=O)N(C)[C@H](c1ccccc1)c1ccccn1. The largest absolute Gasteiger partial charge is 0.381 e. The predicted molar refractivity (Wildman–Crippen MR) is 86.4 cm³/mol. The summed E-state index contributed by atoms with van der Waals surface area (Å²) in [4.78, 5) is 18.7. The number of hydrogen-bond acceptors (Lipinski definition) is 3. The smallest absolute Gasteiger partial charge is 0.225 e. The number of carbonyl (C=O) groups is 1. The summed E-state index contributed by atoms with van der Waals surface area (Å²) in [6.07, 6.45) is 2.00. The number of nitrogens with zero attached hydrogens (tertiary/aromatic N) is 2. The Bertz CT molecular complexity index is 547. The van der Waals surface area contributed by atoms with Gasteiger partial charge in [-0.1, -0.05) is 36.4 Å². The molecule has 0 aliphatic heterocycles. The van der Waals surface area contributed by atoms with E-state index in [1.807, 2.05) is 62.5 Å². The zero-order chi connectivity index (χ0) is 15.9. The number of pyridine rings is 1. The van der Waals surface area contributed by atoms with Gasteiger partial charge in [-0.05, 0) is 24.6 Å². The van der Waals surface area contributed by atoms with E-state index < -0.39 is 0 Å². The Labute approximate surface area is 131 Å². The second-order valence-electron chi connectivity index (χ2n) is 5.32. The number of amides is 1. The fourth-order valence-corrected chi connectivity index (χ4v) is 2.38. The summed E-state index contributed by atoms with van der Waals surface area (Å²) in [6, 6.07) is 15.5. The molecule has 0 N–H and O–H groups in total. The molecule has 0 saturated carbocycles. The predicted octanol–water partition coefficient (Wildman–Crippen LogP) is 3.05. The lowest BCUT2D eigenvalue weighted by atomic mass is 10.0. The summed E-state index contributed by atoms with van der Waals surface area (Å²) in [5, 5.41) is 0. The maximum Gasteiger partial charge on any atom is 0.225 e. The van der Waals surface area contributed by atoms with E-state index in [0.29, 0.717) is 6.42 Å². The van der Waals surface area contributed by atoms with Crippen LogP contribution in [0.5, 0.6) is 0 Å². The molecule has 1 heterocycles. The average molecular weight is 298 g/mol. The molecule has 22 heavy (non-hydrogen) atoms. The van der Waals surface area contributed by atoms with E-state index in [2.05, 4.69) is 4.98 Å². The van der Waals surface area contributed by atoms with Gasteiger partial charge in [0.05, 0.1) is 24.3 Å². The van der Waals surface area contributed by atoms with Crippen LogP contribution in [0.15, 0.2) is 54.7 Å². The minimum Gasteiger partial charge on any atom is -0.381 e. The summed E-state index contributed by atoms with van der Waals surface area (Å²) in [5.74, 6) is 0.0360. The first-order chi connectivity index (χ1) is 10.6. The quantitative estimate of drug-likeness (QED) is 0.823. The fraction of sp³-hybridized carbons (Fsp3) is 0.333. The Morgan fingerprint density at radius 3 is 2.45 bits per heavy atom. The van der Waals surface area contributed by atoms with Gasteiger partial charge in [-0.3, -0.25) is 9.78 Å². The van der Waals surface area contributed by atoms with Gasteiger partial charge in [-0.2, -0.15) is 0 Å². The van der Waals surface area contributed by atoms with Crippen molar-refractivity contribution in [2.24, 2.45) is 0 Å². The molecule has 2 atom stereocenters. The lowest BCUT2D eigenvalue weighted by Crippen LogP contribution is -2.34. The molecule has 1 aromatic carbocycles. The van der Waals surface area contributed by atoms with E-state index in [4.69, 9.17) is 4.74 Å². The van der Waals surface area contributed by atoms with Crippen molar-refractivity contribution in [3.63, 3.8) is 0 Å². The normalized spacial score (nSPS) is 13.4. The number of hydrogen-bond donors (Lipinski definition) is 0. The Kier molecular flexibility index (Phi) is 5.67. The van der Waals surface area contributed by atoms with Crippen molar-refractivity contribution in [3.8, 4) is 0 Å². The highest BCUT2D eigenvalue weighted by molar-refractivity contribution is 5.77. The van der Waals surface area contributed by atoms with Crippen LogP contribution in [0, 0.1) is 0 Å². The van der Waals surface area contributed by atoms with Crippen molar-refractivity contribution >= 4 is 5.91 Å². The zero-order valence-electron chi connectivity index (χ0n) is 13.3. The van der Waals surface area contributed by atoms with Gasteiger partial charge in [-0.15, -0.1) is 0 Å². The maximum absolute atomic E-state index is 12.5. The van der Waals surface area contributed by atoms with E-state index in [0.717, 1.165) is 11.3 Å². The van der Waals surface area contributed by atoms with Gasteiger partial charge in [0.15, 0.2) is 0 Å². The summed E-state index contributed by atoms with van der Waals surface area (Å²) < 4.78 is 5.20. The van der Waals surface area contributed by atoms with Crippen LogP contribution in [-0.4, -0.2) is 36.1 Å². The van der Waals surface area contributed by atoms with Crippen molar-refractivity contribution in [3.05, 3.63) is 66.0 Å². The van der Waals surface area contributed by atoms with Gasteiger partial charge in [0.1, 0.15) is 0 Å². The molecule has 0 fully saturated rings. The first-order valence-corrected chi connectivity index (χ1v) is 7.37. The van der Waals surface area contributed by atoms with Gasteiger partial charge >= 0.3 is 0 Å². The van der Waals surface area contributed by atoms with Crippen molar-refractivity contribution in [1.82, 2.24) is 9.88 Å². The molecule has 4 nitrogen and oxygen atoms in total. The van der Waals surface area contributed by atoms with Crippen LogP contribution < -0.4 is 0 Å². The van der Waals surface area contributed by atoms with E-state index in [1.54, 1.807) is 18.2 Å². The third-order valence-corrected chi connectivity index (χ3v) is 3.73. The molecule has 2 rings (SSSR count). The summed E-state index contributed by atoms with van der Waals surface area (Å²) in [7, 11) is 3.43. The molecular weight excluding hydrogens is 276 g/mol. The molecule has 0 unspecified atom stereocenters. The number of carbonyl (C=O) groups excluding carboxylic acids is 1. The Hall–Kier alpha value is -2.20. The molecule has 1 amide bonds. The molecule has 0 bridgehead atoms. The van der Waals surface area contributed by atoms with Gasteiger partial charge in [0.25, 0.3) is 0 Å². The van der Waals surface area contributed by atoms with Crippen LogP contribution in [0.25, 0.3) is 0 Å². The molecule has 0 radical (unpaired) electrons. The van der Waals surface area contributed by atoms with Crippen LogP contribution in [0.2, 0.25) is 0 Å². The van der Waals surface area contributed by atoms with Crippen LogP contribution in [0.1, 0.15) is 30.6 Å². The third-order valence-electron chi connectivity index (χ3n) is 3.73. The molecule has 0 saturated heterocycles. The van der Waals surface area contributed by atoms with E-state index in [9.17, 15) is 4.79 Å². The average Bonchev–Trinajstić information content (AvgIpc) is 2.56. The van der Waals surface area contributed by atoms with Gasteiger partial charge < -0.3 is 9.64 Å². The highest BCUT2D eigenvalue weighted by Crippen LogP contribution is 2.26. The van der Waals surface area contributed by atoms with Crippen LogP contribution in [0.4, 0.5) is 0 Å². The minimum atomic E-state index is -0.195. The first-order valence-electron chi connectivity index (χ1n) is 7.37. The van der Waals surface area contributed by atoms with Gasteiger partial charge in [-0.25, -0.2) is 0 Å². The van der Waals surface area contributed by atoms with Crippen LogP contribution in [-0.2, 0) is 9.53 Å². The Morgan fingerprint density at radius 1 is 1.18 bits per heavy atom. The van der Waals surface area contributed by atoms with Crippen molar-refractivity contribution in [1.29, 1.82) is 0 Å². The molecule has 2 aromatic rings. The number of methoxy groups -OCH3 is 1. The summed E-state index contributed by atoms with van der Waals surface area (Å²) in [5.41, 5.74) is 1.90. The van der Waals surface area contributed by atoms with Crippen molar-refractivity contribution in [2.75, 3.05) is 14.2 Å². The van der Waals surface area contributed by atoms with Crippen LogP contribution >= 0.6 is 0 Å². The number of rotatable bonds is 6. The monoisotopic (exact) mass is 298 g/mol. The highest BCUT2D eigenvalue weighted by Gasteiger charge is 2.25. The molecule has 0 aliphatic carbocycles. The summed E-state index contributed by atoms with van der Waals surface area (Å²) in [6.45, 7) is 1.89. The zero-order valence-corrected chi connectivity index (χ0v) is 13.3. The second kappa shape index (κ2) is 7.71. The number of benzene rings is 1. The Morgan fingerprint density at radius 2 is 1.86 bits per heavy atom. The summed E-state index contributed by atoms with van der Waals surface area (Å²) >= 11 is 0. The lowest BCUT2D eigenvalue weighted by molar-refractivity contribution is -0.133. The molecule has 0 spiro atoms. The number of ether oxygens (including phenoxy) is 1. The molecule has 1 aromatic heterocycles. The highest BCUT2D eigenvalue weighted by atomic mass is 16.5. The molecule has 0 aliphatic rings. The maximum atomic E-state index is 12.5. The number of aromatic nitrogens is 1. The topological polar surface area (TPSA) is 42.4 Å². The lowest BCUT2D eigenvalue weighted by Gasteiger charge is -2.29. The van der Waals surface area contributed by atoms with Gasteiger partial charge in [0.2, 0.25) is 5.91 Å². The standard InChI is InChI=1S/C18H22N2O2/c1-14(22-3)13-17(21)20(2)18(15-9-5-4-6-10-15)16-11-7-8-12-19-16/h4-12,14,18H,13H2,1-3H3/t14-,18+/m0/s1.